The first-order chi connectivity index (χ1) is 6.55. The Hall–Kier alpha value is -1.64. The topological polar surface area (TPSA) is 49.7 Å². The summed E-state index contributed by atoms with van der Waals surface area (Å²) in [7, 11) is 0. The Morgan fingerprint density at radius 1 is 1.36 bits per heavy atom. The van der Waals surface area contributed by atoms with Crippen LogP contribution in [-0.4, -0.2) is 23.1 Å². The summed E-state index contributed by atoms with van der Waals surface area (Å²) in [6, 6.07) is 6.85. The Labute approximate surface area is 83.1 Å². The van der Waals surface area contributed by atoms with Crippen LogP contribution in [0.15, 0.2) is 29.3 Å². The molecule has 0 atom stereocenters. The fourth-order valence-corrected chi connectivity index (χ4v) is 0.863. The van der Waals surface area contributed by atoms with Gasteiger partial charge < -0.3 is 9.90 Å². The first-order valence-corrected chi connectivity index (χ1v) is 4.35. The zero-order valence-corrected chi connectivity index (χ0v) is 8.27. The van der Waals surface area contributed by atoms with Crippen LogP contribution in [0.1, 0.15) is 19.4 Å². The fourth-order valence-electron chi connectivity index (χ4n) is 0.863. The van der Waals surface area contributed by atoms with Crippen molar-refractivity contribution < 1.29 is 9.90 Å². The van der Waals surface area contributed by atoms with Crippen LogP contribution in [0, 0.1) is 0 Å². The van der Waals surface area contributed by atoms with Crippen molar-refractivity contribution in [3.63, 3.8) is 0 Å². The van der Waals surface area contributed by atoms with Gasteiger partial charge in [0.05, 0.1) is 0 Å². The molecule has 0 aromatic heterocycles. The van der Waals surface area contributed by atoms with E-state index in [1.807, 2.05) is 0 Å². The number of rotatable bonds is 3. The number of aliphatic imine (C=N–C) groups is 1. The van der Waals surface area contributed by atoms with E-state index in [0.29, 0.717) is 5.56 Å². The zero-order chi connectivity index (χ0) is 10.6. The minimum absolute atomic E-state index is 0.165. The molecule has 14 heavy (non-hydrogen) atoms. The summed E-state index contributed by atoms with van der Waals surface area (Å²) in [5, 5.41) is 9.40. The Kier molecular flexibility index (Phi) is 3.02. The largest absolute Gasteiger partial charge is 0.507 e. The van der Waals surface area contributed by atoms with Crippen molar-refractivity contribution in [3.8, 4) is 5.75 Å². The number of hydrogen-bond donors (Lipinski definition) is 1. The minimum Gasteiger partial charge on any atom is -0.507 e. The molecule has 3 heteroatoms. The van der Waals surface area contributed by atoms with Crippen molar-refractivity contribution in [3.05, 3.63) is 29.8 Å². The number of aromatic hydroxyl groups is 1. The van der Waals surface area contributed by atoms with Crippen LogP contribution in [0.2, 0.25) is 0 Å². The van der Waals surface area contributed by atoms with Crippen LogP contribution in [0.5, 0.6) is 5.75 Å². The predicted octanol–water partition coefficient (Wildman–Crippen LogP) is 1.79. The summed E-state index contributed by atoms with van der Waals surface area (Å²) in [5.74, 6) is 0.165. The Balaban J connectivity index is 2.89. The maximum Gasteiger partial charge on any atom is 0.146 e. The minimum atomic E-state index is -0.734. The summed E-state index contributed by atoms with van der Waals surface area (Å²) in [6.07, 6.45) is 2.27. The molecule has 1 rings (SSSR count). The van der Waals surface area contributed by atoms with Crippen molar-refractivity contribution in [2.75, 3.05) is 0 Å². The molecule has 1 N–H and O–H groups in total. The van der Waals surface area contributed by atoms with Crippen LogP contribution in [0.25, 0.3) is 0 Å². The van der Waals surface area contributed by atoms with Crippen molar-refractivity contribution in [1.82, 2.24) is 0 Å². The van der Waals surface area contributed by atoms with Crippen LogP contribution >= 0.6 is 0 Å². The first kappa shape index (κ1) is 10.4. The van der Waals surface area contributed by atoms with E-state index in [0.717, 1.165) is 6.29 Å². The van der Waals surface area contributed by atoms with Crippen LogP contribution in [-0.2, 0) is 4.79 Å². The van der Waals surface area contributed by atoms with Gasteiger partial charge in [-0.1, -0.05) is 12.1 Å². The maximum absolute atomic E-state index is 10.6. The molecule has 0 aliphatic rings. The standard InChI is InChI=1S/C11H13NO2/c1-11(2,8-13)12-7-9-5-3-4-6-10(9)14/h3-8,14H,1-2H3/b12-7-. The number of aldehydes is 1. The molecule has 3 nitrogen and oxygen atoms in total. The molecular formula is C11H13NO2. The summed E-state index contributed by atoms with van der Waals surface area (Å²) < 4.78 is 0. The number of benzene rings is 1. The highest BCUT2D eigenvalue weighted by Crippen LogP contribution is 2.14. The number of nitrogens with zero attached hydrogens (tertiary/aromatic N) is 1. The highest BCUT2D eigenvalue weighted by Gasteiger charge is 2.12. The number of carbonyl (C=O) groups is 1. The van der Waals surface area contributed by atoms with Gasteiger partial charge in [0.15, 0.2) is 0 Å². The second-order valence-corrected chi connectivity index (χ2v) is 3.59. The molecule has 0 saturated heterocycles. The van der Waals surface area contributed by atoms with E-state index in [2.05, 4.69) is 4.99 Å². The smallest absolute Gasteiger partial charge is 0.146 e. The van der Waals surface area contributed by atoms with E-state index in [1.165, 1.54) is 6.21 Å². The normalized spacial score (nSPS) is 11.9. The van der Waals surface area contributed by atoms with Crippen LogP contribution in [0.3, 0.4) is 0 Å². The molecule has 0 bridgehead atoms. The molecule has 0 amide bonds. The van der Waals surface area contributed by atoms with Crippen molar-refractivity contribution in [1.29, 1.82) is 0 Å². The number of carbonyl (C=O) groups excluding carboxylic acids is 1. The van der Waals surface area contributed by atoms with Gasteiger partial charge in [-0.05, 0) is 26.0 Å². The maximum atomic E-state index is 10.6. The molecule has 0 radical (unpaired) electrons. The summed E-state index contributed by atoms with van der Waals surface area (Å²) in [4.78, 5) is 14.6. The third-order valence-corrected chi connectivity index (χ3v) is 1.76. The first-order valence-electron chi connectivity index (χ1n) is 4.35. The number of phenolic OH excluding ortho intramolecular Hbond substituents is 1. The SMILES string of the molecule is CC(C)(C=O)/N=C\c1ccccc1O. The lowest BCUT2D eigenvalue weighted by molar-refractivity contribution is -0.111. The van der Waals surface area contributed by atoms with Crippen molar-refractivity contribution in [2.45, 2.75) is 19.4 Å². The monoisotopic (exact) mass is 191 g/mol. The lowest BCUT2D eigenvalue weighted by atomic mass is 10.1. The average Bonchev–Trinajstić information content (AvgIpc) is 2.17. The number of phenols is 1. The van der Waals surface area contributed by atoms with Gasteiger partial charge in [0.25, 0.3) is 0 Å². The van der Waals surface area contributed by atoms with Gasteiger partial charge in [-0.25, -0.2) is 0 Å². The summed E-state index contributed by atoms with van der Waals surface area (Å²) in [6.45, 7) is 3.41. The quantitative estimate of drug-likeness (QED) is 0.585. The van der Waals surface area contributed by atoms with Crippen molar-refractivity contribution in [2.24, 2.45) is 4.99 Å². The van der Waals surface area contributed by atoms with Crippen LogP contribution in [0.4, 0.5) is 0 Å². The van der Waals surface area contributed by atoms with Crippen LogP contribution < -0.4 is 0 Å². The van der Waals surface area contributed by atoms with E-state index in [9.17, 15) is 9.90 Å². The second kappa shape index (κ2) is 4.05. The van der Waals surface area contributed by atoms with Gasteiger partial charge in [0, 0.05) is 11.8 Å². The third-order valence-electron chi connectivity index (χ3n) is 1.76. The van der Waals surface area contributed by atoms with Crippen molar-refractivity contribution >= 4 is 12.5 Å². The molecule has 0 saturated carbocycles. The van der Waals surface area contributed by atoms with E-state index >= 15 is 0 Å². The fraction of sp³-hybridized carbons (Fsp3) is 0.273. The number of hydrogen-bond acceptors (Lipinski definition) is 3. The summed E-state index contributed by atoms with van der Waals surface area (Å²) >= 11 is 0. The average molecular weight is 191 g/mol. The van der Waals surface area contributed by atoms with E-state index in [4.69, 9.17) is 0 Å². The van der Waals surface area contributed by atoms with Gasteiger partial charge in [-0.2, -0.15) is 0 Å². The Morgan fingerprint density at radius 2 is 2.00 bits per heavy atom. The lowest BCUT2D eigenvalue weighted by Crippen LogP contribution is -2.18. The molecule has 1 aromatic carbocycles. The van der Waals surface area contributed by atoms with Gasteiger partial charge in [-0.15, -0.1) is 0 Å². The molecule has 0 aliphatic heterocycles. The molecule has 0 fully saturated rings. The third kappa shape index (κ3) is 2.69. The van der Waals surface area contributed by atoms with Gasteiger partial charge in [-0.3, -0.25) is 4.99 Å². The Morgan fingerprint density at radius 3 is 2.57 bits per heavy atom. The molecule has 0 heterocycles. The molecule has 74 valence electrons. The highest BCUT2D eigenvalue weighted by molar-refractivity contribution is 5.85. The second-order valence-electron chi connectivity index (χ2n) is 3.59. The zero-order valence-electron chi connectivity index (χ0n) is 8.27. The van der Waals surface area contributed by atoms with E-state index in [1.54, 1.807) is 38.1 Å². The van der Waals surface area contributed by atoms with E-state index < -0.39 is 5.54 Å². The molecular weight excluding hydrogens is 178 g/mol. The molecule has 0 aliphatic carbocycles. The molecule has 0 unspecified atom stereocenters. The molecule has 0 spiro atoms. The molecule has 1 aromatic rings. The predicted molar refractivity (Wildman–Crippen MR) is 55.8 cm³/mol. The van der Waals surface area contributed by atoms with Gasteiger partial charge >= 0.3 is 0 Å². The lowest BCUT2D eigenvalue weighted by Gasteiger charge is -2.09. The highest BCUT2D eigenvalue weighted by atomic mass is 16.3. The Bertz CT molecular complexity index is 356. The summed E-state index contributed by atoms with van der Waals surface area (Å²) in [5.41, 5.74) is -0.120. The van der Waals surface area contributed by atoms with Gasteiger partial charge in [0.2, 0.25) is 0 Å². The number of para-hydroxylation sites is 1. The van der Waals surface area contributed by atoms with Gasteiger partial charge in [0.1, 0.15) is 17.6 Å². The van der Waals surface area contributed by atoms with E-state index in [-0.39, 0.29) is 5.75 Å².